The van der Waals surface area contributed by atoms with E-state index in [0.717, 1.165) is 29.9 Å². The molecule has 1 atom stereocenters. The van der Waals surface area contributed by atoms with Gasteiger partial charge in [-0.05, 0) is 51.0 Å². The minimum Gasteiger partial charge on any atom is -0.492 e. The van der Waals surface area contributed by atoms with Crippen LogP contribution >= 0.6 is 0 Å². The quantitative estimate of drug-likeness (QED) is 0.357. The first-order chi connectivity index (χ1) is 14.9. The molecule has 0 saturated heterocycles. The van der Waals surface area contributed by atoms with Crippen molar-refractivity contribution in [2.24, 2.45) is 0 Å². The number of aryl methyl sites for hydroxylation is 2. The van der Waals surface area contributed by atoms with Crippen LogP contribution in [0, 0.1) is 6.92 Å². The molecule has 3 aromatic rings. The van der Waals surface area contributed by atoms with E-state index in [1.165, 1.54) is 14.2 Å². The fraction of sp³-hybridized carbons (Fsp3) is 0.375. The number of pyridine rings is 1. The number of oxazole rings is 1. The Bertz CT molecular complexity index is 985. The summed E-state index contributed by atoms with van der Waals surface area (Å²) in [6, 6.07) is 13.5. The molecule has 2 aromatic heterocycles. The van der Waals surface area contributed by atoms with Crippen molar-refractivity contribution in [2.75, 3.05) is 20.8 Å². The van der Waals surface area contributed by atoms with E-state index in [1.54, 1.807) is 13.1 Å². The number of carbonyl (C=O) groups excluding carboxylic acids is 1. The first-order valence-corrected chi connectivity index (χ1v) is 10.2. The minimum absolute atomic E-state index is 0.311. The van der Waals surface area contributed by atoms with Gasteiger partial charge in [0.15, 0.2) is 5.60 Å². The Balaban J connectivity index is 1.49. The van der Waals surface area contributed by atoms with Gasteiger partial charge in [0, 0.05) is 24.8 Å². The van der Waals surface area contributed by atoms with E-state index in [9.17, 15) is 4.79 Å². The average Bonchev–Trinajstić information content (AvgIpc) is 3.18. The predicted molar refractivity (Wildman–Crippen MR) is 116 cm³/mol. The number of ether oxygens (including phenoxy) is 3. The number of hydrogen-bond acceptors (Lipinski definition) is 7. The normalized spacial score (nSPS) is 12.9. The van der Waals surface area contributed by atoms with E-state index in [4.69, 9.17) is 18.6 Å². The van der Waals surface area contributed by atoms with Crippen LogP contribution in [0.1, 0.15) is 30.5 Å². The number of carbonyl (C=O) groups is 1. The van der Waals surface area contributed by atoms with Gasteiger partial charge in [0.05, 0.1) is 25.6 Å². The zero-order valence-electron chi connectivity index (χ0n) is 18.4. The molecule has 0 saturated carbocycles. The first-order valence-electron chi connectivity index (χ1n) is 10.2. The van der Waals surface area contributed by atoms with Gasteiger partial charge in [-0.2, -0.15) is 0 Å². The fourth-order valence-corrected chi connectivity index (χ4v) is 3.18. The van der Waals surface area contributed by atoms with E-state index in [2.05, 4.69) is 9.97 Å². The molecule has 1 aromatic carbocycles. The van der Waals surface area contributed by atoms with Gasteiger partial charge in [-0.1, -0.05) is 18.2 Å². The molecule has 7 heteroatoms. The van der Waals surface area contributed by atoms with Crippen LogP contribution in [0.25, 0.3) is 11.5 Å². The Kier molecular flexibility index (Phi) is 7.41. The molecule has 0 aliphatic carbocycles. The van der Waals surface area contributed by atoms with E-state index in [-0.39, 0.29) is 0 Å². The summed E-state index contributed by atoms with van der Waals surface area (Å²) in [6.07, 6.45) is 3.52. The van der Waals surface area contributed by atoms with Gasteiger partial charge >= 0.3 is 5.97 Å². The van der Waals surface area contributed by atoms with Crippen molar-refractivity contribution in [3.63, 3.8) is 0 Å². The van der Waals surface area contributed by atoms with Gasteiger partial charge < -0.3 is 18.6 Å². The predicted octanol–water partition coefficient (Wildman–Crippen LogP) is 4.18. The van der Waals surface area contributed by atoms with Crippen LogP contribution in [0.2, 0.25) is 0 Å². The van der Waals surface area contributed by atoms with Crippen molar-refractivity contribution in [1.29, 1.82) is 0 Å². The molecule has 0 spiro atoms. The van der Waals surface area contributed by atoms with Crippen LogP contribution in [-0.4, -0.2) is 42.4 Å². The van der Waals surface area contributed by atoms with Gasteiger partial charge in [-0.15, -0.1) is 0 Å². The molecule has 0 radical (unpaired) electrons. The van der Waals surface area contributed by atoms with Crippen molar-refractivity contribution in [2.45, 2.75) is 38.7 Å². The van der Waals surface area contributed by atoms with Crippen LogP contribution in [-0.2, 0) is 27.1 Å². The number of aromatic nitrogens is 2. The molecule has 31 heavy (non-hydrogen) atoms. The van der Waals surface area contributed by atoms with Crippen molar-refractivity contribution in [3.8, 4) is 17.2 Å². The van der Waals surface area contributed by atoms with Crippen molar-refractivity contribution in [3.05, 3.63) is 65.8 Å². The Morgan fingerprint density at radius 2 is 1.90 bits per heavy atom. The van der Waals surface area contributed by atoms with Crippen molar-refractivity contribution < 1.29 is 23.4 Å². The molecule has 0 aliphatic heterocycles. The fourth-order valence-electron chi connectivity index (χ4n) is 3.18. The second kappa shape index (κ2) is 10.2. The lowest BCUT2D eigenvalue weighted by Gasteiger charge is -2.24. The monoisotopic (exact) mass is 424 g/mol. The number of nitrogens with zero attached hydrogens (tertiary/aromatic N) is 2. The van der Waals surface area contributed by atoms with Crippen LogP contribution in [0.3, 0.4) is 0 Å². The minimum atomic E-state index is -1.07. The van der Waals surface area contributed by atoms with Gasteiger partial charge in [-0.3, -0.25) is 4.98 Å². The number of esters is 1. The van der Waals surface area contributed by atoms with E-state index >= 15 is 0 Å². The summed E-state index contributed by atoms with van der Waals surface area (Å²) in [4.78, 5) is 20.9. The highest BCUT2D eigenvalue weighted by atomic mass is 16.6. The van der Waals surface area contributed by atoms with E-state index in [0.29, 0.717) is 30.4 Å². The summed E-state index contributed by atoms with van der Waals surface area (Å²) >= 11 is 0. The second-order valence-electron chi connectivity index (χ2n) is 7.43. The van der Waals surface area contributed by atoms with Crippen molar-refractivity contribution >= 4 is 5.97 Å². The number of methoxy groups -OCH3 is 2. The maximum atomic E-state index is 11.9. The molecular weight excluding hydrogens is 396 g/mol. The maximum Gasteiger partial charge on any atom is 0.338 e. The molecule has 2 heterocycles. The Morgan fingerprint density at radius 3 is 2.55 bits per heavy atom. The summed E-state index contributed by atoms with van der Waals surface area (Å²) in [5.74, 6) is 1.71. The van der Waals surface area contributed by atoms with Gasteiger partial charge in [0.1, 0.15) is 11.5 Å². The first kappa shape index (κ1) is 22.5. The lowest BCUT2D eigenvalue weighted by molar-refractivity contribution is -0.163. The smallest absolute Gasteiger partial charge is 0.338 e. The molecular formula is C24H28N2O5. The molecule has 0 bridgehead atoms. The third kappa shape index (κ3) is 5.70. The van der Waals surface area contributed by atoms with Gasteiger partial charge in [0.25, 0.3) is 0 Å². The zero-order chi connectivity index (χ0) is 22.3. The van der Waals surface area contributed by atoms with Gasteiger partial charge in [-0.25, -0.2) is 9.78 Å². The molecule has 164 valence electrons. The van der Waals surface area contributed by atoms with Crippen LogP contribution < -0.4 is 4.74 Å². The standard InChI is InChI=1S/C24H28N2O5/c1-17-21(26-22(31-17)18-9-6-5-7-10-18)11-8-14-30-20-13-12-19(25-16-20)15-24(2,29-4)23(27)28-3/h5-7,9-10,12-13,16H,8,11,14-15H2,1-4H3. The molecule has 0 amide bonds. The number of rotatable bonds is 10. The van der Waals surface area contributed by atoms with Crippen LogP contribution in [0.15, 0.2) is 53.1 Å². The Morgan fingerprint density at radius 1 is 1.13 bits per heavy atom. The van der Waals surface area contributed by atoms with Crippen LogP contribution in [0.5, 0.6) is 5.75 Å². The molecule has 0 N–H and O–H groups in total. The summed E-state index contributed by atoms with van der Waals surface area (Å²) in [7, 11) is 2.82. The summed E-state index contributed by atoms with van der Waals surface area (Å²) in [5.41, 5.74) is 1.56. The topological polar surface area (TPSA) is 83.7 Å². The lowest BCUT2D eigenvalue weighted by Crippen LogP contribution is -2.40. The molecule has 1 unspecified atom stereocenters. The lowest BCUT2D eigenvalue weighted by atomic mass is 9.99. The Hall–Kier alpha value is -3.19. The second-order valence-corrected chi connectivity index (χ2v) is 7.43. The SMILES string of the molecule is COC(=O)C(C)(Cc1ccc(OCCCc2nc(-c3ccccc3)oc2C)cn1)OC. The molecule has 7 nitrogen and oxygen atoms in total. The average molecular weight is 424 g/mol. The van der Waals surface area contributed by atoms with Crippen molar-refractivity contribution in [1.82, 2.24) is 9.97 Å². The summed E-state index contributed by atoms with van der Waals surface area (Å²) in [5, 5.41) is 0. The van der Waals surface area contributed by atoms with E-state index in [1.807, 2.05) is 49.4 Å². The highest BCUT2D eigenvalue weighted by Crippen LogP contribution is 2.22. The third-order valence-electron chi connectivity index (χ3n) is 5.12. The number of benzene rings is 1. The zero-order valence-corrected chi connectivity index (χ0v) is 18.4. The summed E-state index contributed by atoms with van der Waals surface area (Å²) < 4.78 is 21.7. The van der Waals surface area contributed by atoms with E-state index < -0.39 is 11.6 Å². The van der Waals surface area contributed by atoms with Crippen LogP contribution in [0.4, 0.5) is 0 Å². The molecule has 3 rings (SSSR count). The third-order valence-corrected chi connectivity index (χ3v) is 5.12. The van der Waals surface area contributed by atoms with Gasteiger partial charge in [0.2, 0.25) is 5.89 Å². The highest BCUT2D eigenvalue weighted by molar-refractivity contribution is 5.79. The number of hydrogen-bond donors (Lipinski definition) is 0. The molecule has 0 fully saturated rings. The molecule has 0 aliphatic rings. The largest absolute Gasteiger partial charge is 0.492 e. The highest BCUT2D eigenvalue weighted by Gasteiger charge is 2.35. The maximum absolute atomic E-state index is 11.9. The summed E-state index contributed by atoms with van der Waals surface area (Å²) in [6.45, 7) is 4.15. The Labute approximate surface area is 182 Å².